The van der Waals surface area contributed by atoms with Crippen LogP contribution in [-0.2, 0) is 9.53 Å². The number of nitrogens with zero attached hydrogens (tertiary/aromatic N) is 1. The third-order valence-corrected chi connectivity index (χ3v) is 3.30. The number of carbonyl (C=O) groups is 1. The number of hydrogen-bond donors (Lipinski definition) is 3. The predicted molar refractivity (Wildman–Crippen MR) is 80.9 cm³/mol. The Morgan fingerprint density at radius 1 is 0.950 bits per heavy atom. The molecule has 0 amide bonds. The highest BCUT2D eigenvalue weighted by atomic mass is 16.5. The highest BCUT2D eigenvalue weighted by molar-refractivity contribution is 5.71. The summed E-state index contributed by atoms with van der Waals surface area (Å²) >= 11 is 0. The Bertz CT molecular complexity index is 237. The molecule has 1 heterocycles. The van der Waals surface area contributed by atoms with Crippen molar-refractivity contribution in [2.24, 2.45) is 0 Å². The van der Waals surface area contributed by atoms with E-state index < -0.39 is 0 Å². The molecule has 0 aromatic carbocycles. The summed E-state index contributed by atoms with van der Waals surface area (Å²) < 4.78 is 5.03. The second kappa shape index (κ2) is 12.1. The maximum atomic E-state index is 11.6. The van der Waals surface area contributed by atoms with E-state index >= 15 is 0 Å². The summed E-state index contributed by atoms with van der Waals surface area (Å²) in [6.45, 7) is 10.5. The molecule has 20 heavy (non-hydrogen) atoms. The largest absolute Gasteiger partial charge is 0.465 e. The van der Waals surface area contributed by atoms with E-state index in [1.165, 1.54) is 0 Å². The van der Waals surface area contributed by atoms with E-state index in [1.54, 1.807) is 0 Å². The summed E-state index contributed by atoms with van der Waals surface area (Å²) in [5, 5.41) is 10.2. The van der Waals surface area contributed by atoms with Crippen molar-refractivity contribution in [3.05, 3.63) is 0 Å². The number of rotatable bonds is 3. The van der Waals surface area contributed by atoms with Gasteiger partial charge < -0.3 is 20.7 Å². The summed E-state index contributed by atoms with van der Waals surface area (Å²) in [5.41, 5.74) is 0. The fourth-order valence-corrected chi connectivity index (χ4v) is 2.21. The average molecular weight is 286 g/mol. The molecule has 0 atom stereocenters. The van der Waals surface area contributed by atoms with Crippen molar-refractivity contribution in [3.8, 4) is 0 Å². The van der Waals surface area contributed by atoms with Gasteiger partial charge in [0, 0.05) is 39.3 Å². The first-order valence-electron chi connectivity index (χ1n) is 7.83. The Morgan fingerprint density at radius 3 is 2.30 bits per heavy atom. The highest BCUT2D eigenvalue weighted by Crippen LogP contribution is 1.96. The van der Waals surface area contributed by atoms with Gasteiger partial charge in [-0.15, -0.1) is 0 Å². The second-order valence-electron chi connectivity index (χ2n) is 5.04. The monoisotopic (exact) mass is 286 g/mol. The fraction of sp³-hybridized carbons (Fsp3) is 0.929. The molecule has 1 saturated heterocycles. The molecule has 0 aliphatic carbocycles. The Balaban J connectivity index is 2.30. The van der Waals surface area contributed by atoms with Crippen LogP contribution in [0.1, 0.15) is 19.8 Å². The van der Waals surface area contributed by atoms with Crippen LogP contribution in [0.25, 0.3) is 0 Å². The van der Waals surface area contributed by atoms with Crippen LogP contribution in [0.2, 0.25) is 0 Å². The molecular weight excluding hydrogens is 256 g/mol. The minimum absolute atomic E-state index is 0.117. The number of hydrogen-bond acceptors (Lipinski definition) is 6. The minimum atomic E-state index is -0.117. The lowest BCUT2D eigenvalue weighted by Crippen LogP contribution is -2.40. The molecule has 0 radical (unpaired) electrons. The predicted octanol–water partition coefficient (Wildman–Crippen LogP) is -0.586. The van der Waals surface area contributed by atoms with Crippen molar-refractivity contribution >= 4 is 5.97 Å². The molecule has 0 saturated carbocycles. The summed E-state index contributed by atoms with van der Waals surface area (Å²) in [6, 6.07) is 0. The van der Waals surface area contributed by atoms with E-state index in [2.05, 4.69) is 20.9 Å². The molecule has 1 aliphatic heterocycles. The molecule has 6 nitrogen and oxygen atoms in total. The minimum Gasteiger partial charge on any atom is -0.465 e. The van der Waals surface area contributed by atoms with Gasteiger partial charge in [-0.25, -0.2) is 0 Å². The van der Waals surface area contributed by atoms with Crippen LogP contribution in [0.4, 0.5) is 0 Å². The Kier molecular flexibility index (Phi) is 10.5. The highest BCUT2D eigenvalue weighted by Gasteiger charge is 2.11. The molecule has 3 N–H and O–H groups in total. The number of ether oxygens (including phenoxy) is 1. The standard InChI is InChI=1S/C14H30N4O2/c1-2-20-14(19)13-18-11-4-3-5-15-6-7-16-8-9-17-10-12-18/h15-17H,2-13H2,1H3. The van der Waals surface area contributed by atoms with Crippen LogP contribution < -0.4 is 16.0 Å². The first kappa shape index (κ1) is 17.4. The van der Waals surface area contributed by atoms with E-state index in [0.29, 0.717) is 13.2 Å². The number of carbonyl (C=O) groups excluding carboxylic acids is 1. The van der Waals surface area contributed by atoms with Gasteiger partial charge in [0.2, 0.25) is 0 Å². The molecule has 1 aliphatic rings. The summed E-state index contributed by atoms with van der Waals surface area (Å²) in [7, 11) is 0. The molecule has 0 spiro atoms. The molecule has 0 bridgehead atoms. The van der Waals surface area contributed by atoms with Gasteiger partial charge in [-0.05, 0) is 32.9 Å². The fourth-order valence-electron chi connectivity index (χ4n) is 2.21. The van der Waals surface area contributed by atoms with Gasteiger partial charge in [0.05, 0.1) is 13.2 Å². The van der Waals surface area contributed by atoms with Crippen LogP contribution in [0, 0.1) is 0 Å². The summed E-state index contributed by atoms with van der Waals surface area (Å²) in [5.74, 6) is -0.117. The van der Waals surface area contributed by atoms with Crippen molar-refractivity contribution < 1.29 is 9.53 Å². The van der Waals surface area contributed by atoms with E-state index in [0.717, 1.165) is 65.2 Å². The first-order chi connectivity index (χ1) is 9.83. The van der Waals surface area contributed by atoms with E-state index in [-0.39, 0.29) is 5.97 Å². The van der Waals surface area contributed by atoms with Crippen LogP contribution in [0.15, 0.2) is 0 Å². The zero-order valence-corrected chi connectivity index (χ0v) is 12.7. The van der Waals surface area contributed by atoms with Gasteiger partial charge in [-0.1, -0.05) is 0 Å². The van der Waals surface area contributed by atoms with Gasteiger partial charge in [-0.2, -0.15) is 0 Å². The van der Waals surface area contributed by atoms with E-state index in [9.17, 15) is 4.79 Å². The summed E-state index contributed by atoms with van der Waals surface area (Å²) in [4.78, 5) is 13.8. The lowest BCUT2D eigenvalue weighted by molar-refractivity contribution is -0.144. The van der Waals surface area contributed by atoms with Gasteiger partial charge in [0.25, 0.3) is 0 Å². The average Bonchev–Trinajstić information content (AvgIpc) is 2.43. The molecule has 0 unspecified atom stereocenters. The van der Waals surface area contributed by atoms with Crippen molar-refractivity contribution in [2.75, 3.05) is 65.5 Å². The number of nitrogens with one attached hydrogen (secondary N) is 3. The lowest BCUT2D eigenvalue weighted by Gasteiger charge is -2.22. The zero-order valence-electron chi connectivity index (χ0n) is 12.7. The van der Waals surface area contributed by atoms with E-state index in [1.807, 2.05) is 6.92 Å². The Hall–Kier alpha value is -0.690. The van der Waals surface area contributed by atoms with Crippen molar-refractivity contribution in [2.45, 2.75) is 19.8 Å². The molecule has 1 fully saturated rings. The molecule has 0 aromatic heterocycles. The Morgan fingerprint density at radius 2 is 1.60 bits per heavy atom. The van der Waals surface area contributed by atoms with Crippen LogP contribution >= 0.6 is 0 Å². The smallest absolute Gasteiger partial charge is 0.320 e. The third-order valence-electron chi connectivity index (χ3n) is 3.30. The topological polar surface area (TPSA) is 65.6 Å². The van der Waals surface area contributed by atoms with Crippen LogP contribution in [-0.4, -0.2) is 76.4 Å². The Labute approximate surface area is 122 Å². The molecule has 0 aromatic rings. The van der Waals surface area contributed by atoms with Gasteiger partial charge >= 0.3 is 5.97 Å². The molecular formula is C14H30N4O2. The lowest BCUT2D eigenvalue weighted by atomic mass is 10.2. The van der Waals surface area contributed by atoms with Gasteiger partial charge in [0.15, 0.2) is 0 Å². The maximum Gasteiger partial charge on any atom is 0.320 e. The number of esters is 1. The molecule has 1 rings (SSSR count). The third kappa shape index (κ3) is 9.25. The normalized spacial score (nSPS) is 21.1. The van der Waals surface area contributed by atoms with Crippen LogP contribution in [0.5, 0.6) is 0 Å². The first-order valence-corrected chi connectivity index (χ1v) is 7.83. The van der Waals surface area contributed by atoms with E-state index in [4.69, 9.17) is 4.74 Å². The quantitative estimate of drug-likeness (QED) is 0.603. The van der Waals surface area contributed by atoms with Gasteiger partial charge in [-0.3, -0.25) is 9.69 Å². The summed E-state index contributed by atoms with van der Waals surface area (Å²) in [6.07, 6.45) is 2.26. The zero-order chi connectivity index (χ0) is 14.5. The second-order valence-corrected chi connectivity index (χ2v) is 5.04. The van der Waals surface area contributed by atoms with Gasteiger partial charge in [0.1, 0.15) is 0 Å². The van der Waals surface area contributed by atoms with Crippen molar-refractivity contribution in [3.63, 3.8) is 0 Å². The maximum absolute atomic E-state index is 11.6. The van der Waals surface area contributed by atoms with Crippen molar-refractivity contribution in [1.29, 1.82) is 0 Å². The van der Waals surface area contributed by atoms with Crippen LogP contribution in [0.3, 0.4) is 0 Å². The molecule has 118 valence electrons. The van der Waals surface area contributed by atoms with Crippen molar-refractivity contribution in [1.82, 2.24) is 20.9 Å². The SMILES string of the molecule is CCOC(=O)CN1CCCCNCCNCCNCC1. The molecule has 6 heteroatoms.